The number of likely N-dealkylation sites (N-methyl/N-ethyl adjacent to an activating group) is 1. The number of likely N-dealkylation sites (tertiary alicyclic amines) is 1. The lowest BCUT2D eigenvalue weighted by molar-refractivity contribution is 0.217. The summed E-state index contributed by atoms with van der Waals surface area (Å²) in [5, 5.41) is 0. The molecule has 0 saturated carbocycles. The van der Waals surface area contributed by atoms with Gasteiger partial charge in [0.15, 0.2) is 0 Å². The van der Waals surface area contributed by atoms with Crippen molar-refractivity contribution in [3.05, 3.63) is 0 Å². The van der Waals surface area contributed by atoms with Crippen molar-refractivity contribution in [1.82, 2.24) is 9.80 Å². The van der Waals surface area contributed by atoms with E-state index in [1.807, 2.05) is 0 Å². The maximum absolute atomic E-state index is 5.70. The Morgan fingerprint density at radius 3 is 2.69 bits per heavy atom. The van der Waals surface area contributed by atoms with E-state index in [0.29, 0.717) is 0 Å². The summed E-state index contributed by atoms with van der Waals surface area (Å²) in [4.78, 5) is 5.30. The fourth-order valence-electron chi connectivity index (χ4n) is 3.19. The molecule has 2 heterocycles. The summed E-state index contributed by atoms with van der Waals surface area (Å²) in [7, 11) is 2.32. The molecule has 0 aromatic heterocycles. The summed E-state index contributed by atoms with van der Waals surface area (Å²) in [6.45, 7) is 3.90. The summed E-state index contributed by atoms with van der Waals surface area (Å²) in [6, 6.07) is 1.71. The Labute approximate surface area is 105 Å². The van der Waals surface area contributed by atoms with Crippen molar-refractivity contribution in [3.8, 4) is 0 Å². The first-order valence-corrected chi connectivity index (χ1v) is 7.35. The average Bonchev–Trinajstić information content (AvgIpc) is 2.51. The molecule has 2 aliphatic rings. The molecule has 2 atom stereocenters. The number of hydrogen-bond donors (Lipinski definition) is 0. The van der Waals surface area contributed by atoms with Gasteiger partial charge < -0.3 is 4.90 Å². The highest BCUT2D eigenvalue weighted by Crippen LogP contribution is 2.28. The predicted molar refractivity (Wildman–Crippen MR) is 70.2 cm³/mol. The number of halogens is 1. The molecule has 0 spiro atoms. The van der Waals surface area contributed by atoms with E-state index >= 15 is 0 Å². The summed E-state index contributed by atoms with van der Waals surface area (Å²) in [6.07, 6.45) is 8.03. The first-order chi connectivity index (χ1) is 7.81. The van der Waals surface area contributed by atoms with Crippen molar-refractivity contribution in [2.24, 2.45) is 0 Å². The molecule has 94 valence electrons. The van der Waals surface area contributed by atoms with Gasteiger partial charge >= 0.3 is 0 Å². The molecule has 2 bridgehead atoms. The molecule has 2 nitrogen and oxygen atoms in total. The topological polar surface area (TPSA) is 6.48 Å². The van der Waals surface area contributed by atoms with E-state index in [4.69, 9.17) is 11.6 Å². The number of alkyl halides is 1. The van der Waals surface area contributed by atoms with E-state index in [1.165, 1.54) is 58.2 Å². The summed E-state index contributed by atoms with van der Waals surface area (Å²) < 4.78 is 0. The number of hydrogen-bond acceptors (Lipinski definition) is 2. The van der Waals surface area contributed by atoms with Gasteiger partial charge in [-0.2, -0.15) is 0 Å². The Bertz CT molecular complexity index is 210. The van der Waals surface area contributed by atoms with Gasteiger partial charge in [0.25, 0.3) is 0 Å². The minimum Gasteiger partial charge on any atom is -0.302 e. The first kappa shape index (κ1) is 12.7. The minimum absolute atomic E-state index is 0.827. The van der Waals surface area contributed by atoms with Crippen molar-refractivity contribution in [2.75, 3.05) is 32.6 Å². The van der Waals surface area contributed by atoms with E-state index in [1.54, 1.807) is 0 Å². The third-order valence-electron chi connectivity index (χ3n) is 4.34. The summed E-state index contributed by atoms with van der Waals surface area (Å²) in [5.41, 5.74) is 0. The largest absolute Gasteiger partial charge is 0.302 e. The Morgan fingerprint density at radius 1 is 1.06 bits per heavy atom. The molecular formula is C13H25ClN2. The van der Waals surface area contributed by atoms with Crippen molar-refractivity contribution in [3.63, 3.8) is 0 Å². The molecule has 2 fully saturated rings. The Hall–Kier alpha value is 0.210. The zero-order valence-corrected chi connectivity index (χ0v) is 11.3. The molecule has 0 N–H and O–H groups in total. The Balaban J connectivity index is 1.71. The molecule has 0 amide bonds. The highest BCUT2D eigenvalue weighted by molar-refractivity contribution is 6.17. The van der Waals surface area contributed by atoms with Crippen LogP contribution in [-0.2, 0) is 0 Å². The van der Waals surface area contributed by atoms with Crippen LogP contribution in [0.15, 0.2) is 0 Å². The molecule has 0 aromatic rings. The molecule has 0 aromatic carbocycles. The van der Waals surface area contributed by atoms with Crippen LogP contribution in [0.4, 0.5) is 0 Å². The third kappa shape index (κ3) is 3.12. The van der Waals surface area contributed by atoms with Gasteiger partial charge in [0.1, 0.15) is 0 Å². The van der Waals surface area contributed by atoms with E-state index in [-0.39, 0.29) is 0 Å². The van der Waals surface area contributed by atoms with E-state index < -0.39 is 0 Å². The van der Waals surface area contributed by atoms with Gasteiger partial charge in [0, 0.05) is 24.5 Å². The quantitative estimate of drug-likeness (QED) is 0.542. The van der Waals surface area contributed by atoms with Crippen LogP contribution >= 0.6 is 11.6 Å². The molecule has 3 heteroatoms. The molecule has 0 aliphatic carbocycles. The minimum atomic E-state index is 0.827. The van der Waals surface area contributed by atoms with Crippen LogP contribution < -0.4 is 0 Å². The molecule has 2 rings (SSSR count). The molecule has 2 aliphatic heterocycles. The van der Waals surface area contributed by atoms with Gasteiger partial charge in [-0.05, 0) is 52.2 Å². The fraction of sp³-hybridized carbons (Fsp3) is 1.00. The van der Waals surface area contributed by atoms with Gasteiger partial charge in [-0.1, -0.05) is 6.42 Å². The third-order valence-corrected chi connectivity index (χ3v) is 4.61. The SMILES string of the molecule is CN1C2CCC1CN(CCCCCCl)CC2. The zero-order chi connectivity index (χ0) is 11.4. The summed E-state index contributed by atoms with van der Waals surface area (Å²) in [5.74, 6) is 0.827. The second-order valence-electron chi connectivity index (χ2n) is 5.39. The normalized spacial score (nSPS) is 31.9. The average molecular weight is 245 g/mol. The Kier molecular flexibility index (Phi) is 4.93. The molecule has 2 unspecified atom stereocenters. The zero-order valence-electron chi connectivity index (χ0n) is 10.5. The van der Waals surface area contributed by atoms with Crippen molar-refractivity contribution >= 4 is 11.6 Å². The van der Waals surface area contributed by atoms with Crippen molar-refractivity contribution in [2.45, 2.75) is 50.6 Å². The lowest BCUT2D eigenvalue weighted by Gasteiger charge is -2.25. The van der Waals surface area contributed by atoms with Gasteiger partial charge in [0.05, 0.1) is 0 Å². The van der Waals surface area contributed by atoms with E-state index in [2.05, 4.69) is 16.8 Å². The number of rotatable bonds is 5. The maximum atomic E-state index is 5.70. The standard InChI is InChI=1S/C13H25ClN2/c1-15-12-5-6-13(15)11-16(10-7-12)9-4-2-3-8-14/h12-13H,2-11H2,1H3. The van der Waals surface area contributed by atoms with Gasteiger partial charge in [-0.15, -0.1) is 11.6 Å². The Morgan fingerprint density at radius 2 is 1.88 bits per heavy atom. The van der Waals surface area contributed by atoms with Crippen LogP contribution in [0.3, 0.4) is 0 Å². The number of unbranched alkanes of at least 4 members (excludes halogenated alkanes) is 2. The second-order valence-corrected chi connectivity index (χ2v) is 5.77. The molecular weight excluding hydrogens is 220 g/mol. The maximum Gasteiger partial charge on any atom is 0.0223 e. The highest BCUT2D eigenvalue weighted by Gasteiger charge is 2.34. The summed E-state index contributed by atoms with van der Waals surface area (Å²) >= 11 is 5.70. The van der Waals surface area contributed by atoms with Gasteiger partial charge in [0.2, 0.25) is 0 Å². The highest BCUT2D eigenvalue weighted by atomic mass is 35.5. The molecule has 2 saturated heterocycles. The lowest BCUT2D eigenvalue weighted by Crippen LogP contribution is -2.37. The lowest BCUT2D eigenvalue weighted by atomic mass is 10.1. The van der Waals surface area contributed by atoms with E-state index in [9.17, 15) is 0 Å². The van der Waals surface area contributed by atoms with Crippen LogP contribution in [0, 0.1) is 0 Å². The fourth-order valence-corrected chi connectivity index (χ4v) is 3.38. The van der Waals surface area contributed by atoms with Crippen LogP contribution in [0.25, 0.3) is 0 Å². The van der Waals surface area contributed by atoms with Gasteiger partial charge in [-0.25, -0.2) is 0 Å². The predicted octanol–water partition coefficient (Wildman–Crippen LogP) is 2.56. The second kappa shape index (κ2) is 6.23. The number of fused-ring (bicyclic) bond motifs is 2. The molecule has 0 radical (unpaired) electrons. The van der Waals surface area contributed by atoms with Crippen molar-refractivity contribution < 1.29 is 0 Å². The van der Waals surface area contributed by atoms with Crippen molar-refractivity contribution in [1.29, 1.82) is 0 Å². The van der Waals surface area contributed by atoms with Gasteiger partial charge in [-0.3, -0.25) is 4.90 Å². The van der Waals surface area contributed by atoms with Crippen LogP contribution in [0.5, 0.6) is 0 Å². The first-order valence-electron chi connectivity index (χ1n) is 6.81. The van der Waals surface area contributed by atoms with E-state index in [0.717, 1.165) is 18.0 Å². The molecule has 16 heavy (non-hydrogen) atoms. The van der Waals surface area contributed by atoms with Crippen LogP contribution in [-0.4, -0.2) is 54.4 Å². The van der Waals surface area contributed by atoms with Crippen LogP contribution in [0.2, 0.25) is 0 Å². The van der Waals surface area contributed by atoms with Crippen LogP contribution in [0.1, 0.15) is 38.5 Å². The smallest absolute Gasteiger partial charge is 0.0223 e. The number of nitrogens with zero attached hydrogens (tertiary/aromatic N) is 2. The monoisotopic (exact) mass is 244 g/mol.